The van der Waals surface area contributed by atoms with Crippen molar-refractivity contribution in [1.82, 2.24) is 0 Å². The molecule has 0 spiro atoms. The van der Waals surface area contributed by atoms with Crippen LogP contribution >= 0.6 is 0 Å². The molecule has 0 aliphatic rings. The lowest BCUT2D eigenvalue weighted by atomic mass is 9.79. The maximum absolute atomic E-state index is 8.95. The summed E-state index contributed by atoms with van der Waals surface area (Å²) in [5.74, 6) is 0.486. The number of ether oxygens (including phenoxy) is 1. The fourth-order valence-electron chi connectivity index (χ4n) is 1.25. The van der Waals surface area contributed by atoms with E-state index in [1.54, 1.807) is 6.07 Å². The molecule has 0 unspecified atom stereocenters. The van der Waals surface area contributed by atoms with Gasteiger partial charge in [-0.15, -0.1) is 0 Å². The average molecular weight is 219 g/mol. The van der Waals surface area contributed by atoms with Gasteiger partial charge in [-0.3, -0.25) is 0 Å². The molecule has 0 saturated carbocycles. The SMILES string of the molecule is CCCCOc1ccc(B(O)O)cc1C#N. The minimum Gasteiger partial charge on any atom is -0.492 e. The van der Waals surface area contributed by atoms with E-state index in [1.807, 2.05) is 6.07 Å². The normalized spacial score (nSPS) is 9.62. The molecule has 2 N–H and O–H groups in total. The summed E-state index contributed by atoms with van der Waals surface area (Å²) < 4.78 is 5.42. The van der Waals surface area contributed by atoms with Crippen LogP contribution in [-0.2, 0) is 0 Å². The fraction of sp³-hybridized carbons (Fsp3) is 0.364. The van der Waals surface area contributed by atoms with Crippen molar-refractivity contribution >= 4 is 12.6 Å². The molecule has 4 nitrogen and oxygen atoms in total. The van der Waals surface area contributed by atoms with Gasteiger partial charge >= 0.3 is 7.12 Å². The number of benzene rings is 1. The van der Waals surface area contributed by atoms with E-state index < -0.39 is 7.12 Å². The summed E-state index contributed by atoms with van der Waals surface area (Å²) in [6, 6.07) is 6.51. The van der Waals surface area contributed by atoms with Crippen molar-refractivity contribution in [2.45, 2.75) is 19.8 Å². The van der Waals surface area contributed by atoms with E-state index in [0.717, 1.165) is 12.8 Å². The van der Waals surface area contributed by atoms with Gasteiger partial charge in [0, 0.05) is 0 Å². The zero-order valence-electron chi connectivity index (χ0n) is 9.18. The van der Waals surface area contributed by atoms with Gasteiger partial charge in [0.2, 0.25) is 0 Å². The van der Waals surface area contributed by atoms with Gasteiger partial charge in [-0.05, 0) is 24.0 Å². The lowest BCUT2D eigenvalue weighted by Gasteiger charge is -2.08. The molecule has 16 heavy (non-hydrogen) atoms. The quantitative estimate of drug-likeness (QED) is 0.555. The van der Waals surface area contributed by atoms with Gasteiger partial charge in [-0.2, -0.15) is 5.26 Å². The van der Waals surface area contributed by atoms with Gasteiger partial charge in [0.05, 0.1) is 12.2 Å². The summed E-state index contributed by atoms with van der Waals surface area (Å²) in [5, 5.41) is 26.8. The second kappa shape index (κ2) is 6.16. The molecular formula is C11H14BNO3. The summed E-state index contributed by atoms with van der Waals surface area (Å²) in [6.45, 7) is 2.62. The van der Waals surface area contributed by atoms with Crippen molar-refractivity contribution < 1.29 is 14.8 Å². The Morgan fingerprint density at radius 3 is 2.75 bits per heavy atom. The van der Waals surface area contributed by atoms with Crippen LogP contribution in [0.25, 0.3) is 0 Å². The molecule has 84 valence electrons. The second-order valence-corrected chi connectivity index (χ2v) is 3.44. The predicted octanol–water partition coefficient (Wildman–Crippen LogP) is 0.417. The lowest BCUT2D eigenvalue weighted by molar-refractivity contribution is 0.308. The Labute approximate surface area is 95.2 Å². The zero-order valence-corrected chi connectivity index (χ0v) is 9.18. The number of unbranched alkanes of at least 4 members (excludes halogenated alkanes) is 1. The fourth-order valence-corrected chi connectivity index (χ4v) is 1.25. The highest BCUT2D eigenvalue weighted by molar-refractivity contribution is 6.58. The Hall–Kier alpha value is -1.51. The van der Waals surface area contributed by atoms with E-state index >= 15 is 0 Å². The summed E-state index contributed by atoms with van der Waals surface area (Å²) in [4.78, 5) is 0. The van der Waals surface area contributed by atoms with Crippen molar-refractivity contribution in [2.24, 2.45) is 0 Å². The smallest absolute Gasteiger partial charge is 0.488 e. The van der Waals surface area contributed by atoms with Crippen molar-refractivity contribution in [3.63, 3.8) is 0 Å². The highest BCUT2D eigenvalue weighted by Gasteiger charge is 2.13. The van der Waals surface area contributed by atoms with E-state index in [1.165, 1.54) is 12.1 Å². The van der Waals surface area contributed by atoms with Crippen LogP contribution in [0.4, 0.5) is 0 Å². The zero-order chi connectivity index (χ0) is 12.0. The molecular weight excluding hydrogens is 205 g/mol. The van der Waals surface area contributed by atoms with Crippen LogP contribution in [0.2, 0.25) is 0 Å². The standard InChI is InChI=1S/C11H14BNO3/c1-2-3-6-16-11-5-4-10(12(14)15)7-9(11)8-13/h4-5,7,14-15H,2-3,6H2,1H3. The van der Waals surface area contributed by atoms with Crippen LogP contribution in [0.1, 0.15) is 25.3 Å². The Morgan fingerprint density at radius 1 is 1.44 bits per heavy atom. The minimum atomic E-state index is -1.56. The summed E-state index contributed by atoms with van der Waals surface area (Å²) in [7, 11) is -1.56. The Morgan fingerprint density at radius 2 is 2.19 bits per heavy atom. The number of hydrogen-bond donors (Lipinski definition) is 2. The molecule has 0 aliphatic heterocycles. The number of rotatable bonds is 5. The monoisotopic (exact) mass is 219 g/mol. The first-order valence-corrected chi connectivity index (χ1v) is 5.22. The largest absolute Gasteiger partial charge is 0.492 e. The number of nitrogens with zero attached hydrogens (tertiary/aromatic N) is 1. The molecule has 0 saturated heterocycles. The Balaban J connectivity index is 2.82. The minimum absolute atomic E-state index is 0.291. The van der Waals surface area contributed by atoms with Gasteiger partial charge in [0.1, 0.15) is 11.8 Å². The first-order valence-electron chi connectivity index (χ1n) is 5.22. The molecule has 5 heteroatoms. The van der Waals surface area contributed by atoms with Crippen LogP contribution in [-0.4, -0.2) is 23.8 Å². The molecule has 0 fully saturated rings. The number of hydrogen-bond acceptors (Lipinski definition) is 4. The van der Waals surface area contributed by atoms with Crippen molar-refractivity contribution in [3.8, 4) is 11.8 Å². The van der Waals surface area contributed by atoms with Gasteiger partial charge in [-0.25, -0.2) is 0 Å². The van der Waals surface area contributed by atoms with E-state index in [2.05, 4.69) is 6.92 Å². The molecule has 1 rings (SSSR count). The molecule has 0 atom stereocenters. The van der Waals surface area contributed by atoms with Crippen LogP contribution in [0.5, 0.6) is 5.75 Å². The molecule has 0 amide bonds. The lowest BCUT2D eigenvalue weighted by Crippen LogP contribution is -2.29. The van der Waals surface area contributed by atoms with Crippen molar-refractivity contribution in [3.05, 3.63) is 23.8 Å². The van der Waals surface area contributed by atoms with E-state index in [0.29, 0.717) is 23.4 Å². The highest BCUT2D eigenvalue weighted by atomic mass is 16.5. The van der Waals surface area contributed by atoms with Gasteiger partial charge in [0.25, 0.3) is 0 Å². The Kier molecular flexibility index (Phi) is 4.84. The number of nitriles is 1. The van der Waals surface area contributed by atoms with Crippen LogP contribution in [0.3, 0.4) is 0 Å². The third-order valence-corrected chi connectivity index (χ3v) is 2.18. The molecule has 0 heterocycles. The van der Waals surface area contributed by atoms with Crippen LogP contribution < -0.4 is 10.2 Å². The third kappa shape index (κ3) is 3.26. The summed E-state index contributed by atoms with van der Waals surface area (Å²) in [5.41, 5.74) is 0.612. The molecule has 0 aliphatic carbocycles. The average Bonchev–Trinajstić information content (AvgIpc) is 2.29. The molecule has 0 radical (unpaired) electrons. The maximum Gasteiger partial charge on any atom is 0.488 e. The van der Waals surface area contributed by atoms with E-state index in [9.17, 15) is 0 Å². The maximum atomic E-state index is 8.95. The van der Waals surface area contributed by atoms with E-state index in [-0.39, 0.29) is 0 Å². The predicted molar refractivity (Wildman–Crippen MR) is 61.4 cm³/mol. The second-order valence-electron chi connectivity index (χ2n) is 3.44. The molecule has 0 bridgehead atoms. The summed E-state index contributed by atoms with van der Waals surface area (Å²) in [6.07, 6.45) is 1.95. The molecule has 1 aromatic rings. The van der Waals surface area contributed by atoms with Crippen molar-refractivity contribution in [2.75, 3.05) is 6.61 Å². The van der Waals surface area contributed by atoms with Gasteiger partial charge < -0.3 is 14.8 Å². The summed E-state index contributed by atoms with van der Waals surface area (Å²) >= 11 is 0. The molecule has 1 aromatic carbocycles. The van der Waals surface area contributed by atoms with Gasteiger partial charge in [-0.1, -0.05) is 19.4 Å². The van der Waals surface area contributed by atoms with Crippen LogP contribution in [0, 0.1) is 11.3 Å². The van der Waals surface area contributed by atoms with Crippen LogP contribution in [0.15, 0.2) is 18.2 Å². The van der Waals surface area contributed by atoms with Gasteiger partial charge in [0.15, 0.2) is 0 Å². The topological polar surface area (TPSA) is 73.5 Å². The first-order chi connectivity index (χ1) is 7.69. The van der Waals surface area contributed by atoms with E-state index in [4.69, 9.17) is 20.0 Å². The molecule has 0 aromatic heterocycles. The first kappa shape index (κ1) is 12.6. The Bertz CT molecular complexity index is 387. The van der Waals surface area contributed by atoms with Crippen molar-refractivity contribution in [1.29, 1.82) is 5.26 Å². The highest BCUT2D eigenvalue weighted by Crippen LogP contribution is 2.16. The third-order valence-electron chi connectivity index (χ3n) is 2.18.